The highest BCUT2D eigenvalue weighted by Crippen LogP contribution is 2.48. The molecule has 7 nitrogen and oxygen atoms in total. The van der Waals surface area contributed by atoms with Crippen molar-refractivity contribution in [3.8, 4) is 5.75 Å². The normalized spacial score (nSPS) is 21.2. The Hall–Kier alpha value is -2.35. The Morgan fingerprint density at radius 2 is 1.44 bits per heavy atom. The van der Waals surface area contributed by atoms with Crippen LogP contribution in [0.15, 0.2) is 48.6 Å². The molecule has 0 unspecified atom stereocenters. The molecule has 0 bridgehead atoms. The first kappa shape index (κ1) is 47.0. The highest BCUT2D eigenvalue weighted by atomic mass is 35.5. The number of aliphatic hydroxyl groups is 2. The number of carbonyl (C=O) groups is 2. The predicted molar refractivity (Wildman–Crippen MR) is 225 cm³/mol. The average Bonchev–Trinajstić information content (AvgIpc) is 3.43. The lowest BCUT2D eigenvalue weighted by Crippen LogP contribution is -2.40. The molecule has 1 aromatic carbocycles. The number of carbonyl (C=O) groups excluding carboxylic acids is 2. The standard InChI is InChI=1S/C47H75ClO7/c1-3-5-6-7-8-9-10-11-12-13-14-15-18-21-34-53-39-30-28-38(29-31-39)46(52)55-36-35-54-45(51)27-20-17-16-19-24-40-41(43(49)37-42(40)48)25-22-26-44(50)47(4-2)32-23-33-47/h16,19,22,25,28-31,40-44,49-50H,3-15,17-18,20-21,23-24,26-27,32-37H2,1-2H3/t40-,41-,42-,43-,44+/m1/s1. The molecule has 5 atom stereocenters. The first-order valence-electron chi connectivity index (χ1n) is 22.2. The third kappa shape index (κ3) is 18.2. The van der Waals surface area contributed by atoms with E-state index in [4.69, 9.17) is 25.8 Å². The van der Waals surface area contributed by atoms with E-state index in [1.807, 2.05) is 6.08 Å². The Bertz CT molecular complexity index is 1220. The van der Waals surface area contributed by atoms with Crippen LogP contribution in [0.5, 0.6) is 5.75 Å². The Labute approximate surface area is 339 Å². The van der Waals surface area contributed by atoms with Crippen LogP contribution < -0.4 is 4.74 Å². The van der Waals surface area contributed by atoms with Crippen LogP contribution in [0.2, 0.25) is 0 Å². The van der Waals surface area contributed by atoms with Crippen LogP contribution in [0.4, 0.5) is 0 Å². The Balaban J connectivity index is 1.16. The lowest BCUT2D eigenvalue weighted by Gasteiger charge is -2.45. The van der Waals surface area contributed by atoms with Crippen molar-refractivity contribution in [1.29, 1.82) is 0 Å². The van der Waals surface area contributed by atoms with E-state index in [1.165, 1.54) is 89.9 Å². The van der Waals surface area contributed by atoms with E-state index in [-0.39, 0.29) is 54.3 Å². The van der Waals surface area contributed by atoms with E-state index >= 15 is 0 Å². The molecule has 3 rings (SSSR count). The number of hydrogen-bond acceptors (Lipinski definition) is 7. The fraction of sp³-hybridized carbons (Fsp3) is 0.745. The summed E-state index contributed by atoms with van der Waals surface area (Å²) in [5.74, 6) is 0.0799. The number of esters is 2. The molecule has 2 aliphatic carbocycles. The minimum atomic E-state index is -0.472. The monoisotopic (exact) mass is 787 g/mol. The molecule has 2 saturated carbocycles. The number of halogens is 1. The Morgan fingerprint density at radius 1 is 0.818 bits per heavy atom. The fourth-order valence-corrected chi connectivity index (χ4v) is 8.64. The van der Waals surface area contributed by atoms with Crippen LogP contribution in [-0.4, -0.2) is 59.6 Å². The number of unbranched alkanes of at least 4 members (excludes halogenated alkanes) is 14. The van der Waals surface area contributed by atoms with Gasteiger partial charge in [0.2, 0.25) is 0 Å². The molecule has 0 spiro atoms. The van der Waals surface area contributed by atoms with Gasteiger partial charge in [-0.3, -0.25) is 4.79 Å². The number of alkyl halides is 1. The summed E-state index contributed by atoms with van der Waals surface area (Å²) >= 11 is 6.62. The van der Waals surface area contributed by atoms with E-state index in [0.717, 1.165) is 44.3 Å². The topological polar surface area (TPSA) is 102 Å². The van der Waals surface area contributed by atoms with Gasteiger partial charge in [-0.25, -0.2) is 4.79 Å². The van der Waals surface area contributed by atoms with Gasteiger partial charge >= 0.3 is 11.9 Å². The Morgan fingerprint density at radius 3 is 2.04 bits per heavy atom. The van der Waals surface area contributed by atoms with Crippen LogP contribution in [0, 0.1) is 17.3 Å². The minimum absolute atomic E-state index is 0.00271. The van der Waals surface area contributed by atoms with E-state index < -0.39 is 12.1 Å². The second-order valence-corrected chi connectivity index (χ2v) is 16.8. The summed E-state index contributed by atoms with van der Waals surface area (Å²) in [7, 11) is 0. The minimum Gasteiger partial charge on any atom is -0.494 e. The number of hydrogen-bond donors (Lipinski definition) is 2. The first-order valence-corrected chi connectivity index (χ1v) is 22.6. The maximum Gasteiger partial charge on any atom is 0.338 e. The molecule has 0 saturated heterocycles. The summed E-state index contributed by atoms with van der Waals surface area (Å²) in [6, 6.07) is 6.98. The molecular formula is C47H75ClO7. The van der Waals surface area contributed by atoms with Gasteiger partial charge in [0.05, 0.1) is 24.4 Å². The molecule has 2 fully saturated rings. The van der Waals surface area contributed by atoms with Gasteiger partial charge in [-0.2, -0.15) is 0 Å². The van der Waals surface area contributed by atoms with E-state index in [1.54, 1.807) is 24.3 Å². The molecule has 8 heteroatoms. The van der Waals surface area contributed by atoms with Crippen molar-refractivity contribution in [3.05, 3.63) is 54.1 Å². The van der Waals surface area contributed by atoms with Crippen LogP contribution in [-0.2, 0) is 14.3 Å². The summed E-state index contributed by atoms with van der Waals surface area (Å²) in [5.41, 5.74) is 0.508. The van der Waals surface area contributed by atoms with Crippen molar-refractivity contribution < 1.29 is 34.0 Å². The van der Waals surface area contributed by atoms with Crippen molar-refractivity contribution in [2.45, 2.75) is 186 Å². The number of ether oxygens (including phenoxy) is 3. The molecular weight excluding hydrogens is 712 g/mol. The maximum atomic E-state index is 12.4. The molecule has 0 amide bonds. The van der Waals surface area contributed by atoms with Gasteiger partial charge in [0.1, 0.15) is 19.0 Å². The molecule has 1 aromatic rings. The molecule has 312 valence electrons. The van der Waals surface area contributed by atoms with Crippen LogP contribution >= 0.6 is 11.6 Å². The molecule has 0 radical (unpaired) electrons. The van der Waals surface area contributed by atoms with Crippen LogP contribution in [0.1, 0.15) is 178 Å². The lowest BCUT2D eigenvalue weighted by atomic mass is 9.63. The zero-order chi connectivity index (χ0) is 39.6. The van der Waals surface area contributed by atoms with Gasteiger partial charge in [-0.15, -0.1) is 11.6 Å². The SMILES string of the molecule is CCCCCCCCCCCCCCCCOc1ccc(C(=O)OCCOC(=O)CCCC=CC[C@@H]2[C@@H](C=CC[C@H](O)C3(CC)CCC3)[C@H](O)C[C@H]2Cl)cc1. The summed E-state index contributed by atoms with van der Waals surface area (Å²) in [6.07, 6.45) is 34.1. The third-order valence-electron chi connectivity index (χ3n) is 12.1. The number of rotatable bonds is 31. The predicted octanol–water partition coefficient (Wildman–Crippen LogP) is 11.9. The summed E-state index contributed by atoms with van der Waals surface area (Å²) in [4.78, 5) is 24.6. The average molecular weight is 788 g/mol. The summed E-state index contributed by atoms with van der Waals surface area (Å²) < 4.78 is 16.4. The molecule has 0 aliphatic heterocycles. The van der Waals surface area contributed by atoms with Gasteiger partial charge in [0, 0.05) is 17.7 Å². The largest absolute Gasteiger partial charge is 0.494 e. The van der Waals surface area contributed by atoms with E-state index in [9.17, 15) is 19.8 Å². The molecule has 2 aliphatic rings. The van der Waals surface area contributed by atoms with Crippen LogP contribution in [0.3, 0.4) is 0 Å². The summed E-state index contributed by atoms with van der Waals surface area (Å²) in [5, 5.41) is 21.3. The van der Waals surface area contributed by atoms with Crippen molar-refractivity contribution >= 4 is 23.5 Å². The van der Waals surface area contributed by atoms with Crippen molar-refractivity contribution in [1.82, 2.24) is 0 Å². The second kappa shape index (κ2) is 28.1. The van der Waals surface area contributed by atoms with E-state index in [0.29, 0.717) is 31.4 Å². The number of allylic oxidation sites excluding steroid dienone is 2. The van der Waals surface area contributed by atoms with Gasteiger partial charge in [0.15, 0.2) is 0 Å². The molecule has 2 N–H and O–H groups in total. The lowest BCUT2D eigenvalue weighted by molar-refractivity contribution is -0.144. The van der Waals surface area contributed by atoms with Crippen molar-refractivity contribution in [3.63, 3.8) is 0 Å². The highest BCUT2D eigenvalue weighted by Gasteiger charge is 2.42. The number of benzene rings is 1. The smallest absolute Gasteiger partial charge is 0.338 e. The molecule has 0 aromatic heterocycles. The third-order valence-corrected chi connectivity index (χ3v) is 12.6. The zero-order valence-corrected chi connectivity index (χ0v) is 35.2. The maximum absolute atomic E-state index is 12.4. The van der Waals surface area contributed by atoms with Crippen molar-refractivity contribution in [2.24, 2.45) is 17.3 Å². The van der Waals surface area contributed by atoms with Crippen molar-refractivity contribution in [2.75, 3.05) is 19.8 Å². The number of aliphatic hydroxyl groups excluding tert-OH is 2. The molecule has 0 heterocycles. The van der Waals surface area contributed by atoms with Gasteiger partial charge in [-0.05, 0) is 93.4 Å². The second-order valence-electron chi connectivity index (χ2n) is 16.2. The first-order chi connectivity index (χ1) is 26.8. The Kier molecular flexibility index (Phi) is 24.0. The van der Waals surface area contributed by atoms with E-state index in [2.05, 4.69) is 32.1 Å². The van der Waals surface area contributed by atoms with Crippen LogP contribution in [0.25, 0.3) is 0 Å². The summed E-state index contributed by atoms with van der Waals surface area (Å²) in [6.45, 7) is 5.13. The van der Waals surface area contributed by atoms with Gasteiger partial charge in [-0.1, -0.05) is 128 Å². The fourth-order valence-electron chi connectivity index (χ4n) is 8.19. The van der Waals surface area contributed by atoms with Gasteiger partial charge < -0.3 is 24.4 Å². The van der Waals surface area contributed by atoms with Gasteiger partial charge in [0.25, 0.3) is 0 Å². The molecule has 55 heavy (non-hydrogen) atoms. The highest BCUT2D eigenvalue weighted by molar-refractivity contribution is 6.21. The quantitative estimate of drug-likeness (QED) is 0.0334. The zero-order valence-electron chi connectivity index (χ0n) is 34.4.